The molecule has 0 atom stereocenters. The molecule has 202 valence electrons. The number of para-hydroxylation sites is 1. The molecule has 5 heteroatoms. The Morgan fingerprint density at radius 1 is 0.875 bits per heavy atom. The first-order valence-electron chi connectivity index (χ1n) is 14.0. The average Bonchev–Trinajstić information content (AvgIpc) is 3.38. The third-order valence-electron chi connectivity index (χ3n) is 7.94. The van der Waals surface area contributed by atoms with E-state index in [1.807, 2.05) is 42.5 Å². The van der Waals surface area contributed by atoms with E-state index < -0.39 is 5.97 Å². The molecule has 1 aliphatic rings. The number of hydrogen-bond donors (Lipinski definition) is 2. The van der Waals surface area contributed by atoms with Gasteiger partial charge in [-0.25, -0.2) is 4.79 Å². The van der Waals surface area contributed by atoms with Gasteiger partial charge in [0.1, 0.15) is 17.2 Å². The van der Waals surface area contributed by atoms with Crippen molar-refractivity contribution in [3.05, 3.63) is 107 Å². The largest absolute Gasteiger partial charge is 0.497 e. The fraction of sp³-hybridized carbons (Fsp3) is 0.229. The smallest absolute Gasteiger partial charge is 0.352 e. The second-order valence-electron chi connectivity index (χ2n) is 10.3. The molecule has 0 fully saturated rings. The van der Waals surface area contributed by atoms with Crippen molar-refractivity contribution in [1.29, 1.82) is 0 Å². The predicted molar refractivity (Wildman–Crippen MR) is 161 cm³/mol. The van der Waals surface area contributed by atoms with Crippen LogP contribution in [0.2, 0.25) is 0 Å². The normalized spacial score (nSPS) is 13.6. The zero-order valence-electron chi connectivity index (χ0n) is 22.7. The van der Waals surface area contributed by atoms with E-state index in [1.54, 1.807) is 7.11 Å². The molecular formula is C35H33NO4. The SMILES string of the molecule is COc1cccc(C2=C(c3cccc4c(CCCOc5cccc6ccccc56)c(C(=O)O)[nH]c34)CCCC2)c1. The molecule has 0 aliphatic heterocycles. The summed E-state index contributed by atoms with van der Waals surface area (Å²) >= 11 is 0. The Hall–Kier alpha value is -4.51. The Morgan fingerprint density at radius 3 is 2.48 bits per heavy atom. The highest BCUT2D eigenvalue weighted by molar-refractivity contribution is 6.05. The number of carboxylic acid groups (broad SMARTS) is 1. The van der Waals surface area contributed by atoms with Gasteiger partial charge in [-0.05, 0) is 84.4 Å². The van der Waals surface area contributed by atoms with Gasteiger partial charge in [-0.15, -0.1) is 0 Å². The first kappa shape index (κ1) is 25.8. The lowest BCUT2D eigenvalue weighted by atomic mass is 9.83. The molecule has 1 aliphatic carbocycles. The molecule has 0 radical (unpaired) electrons. The molecule has 4 aromatic carbocycles. The number of carbonyl (C=O) groups is 1. The van der Waals surface area contributed by atoms with Gasteiger partial charge in [0, 0.05) is 16.3 Å². The summed E-state index contributed by atoms with van der Waals surface area (Å²) in [7, 11) is 1.69. The molecule has 0 saturated carbocycles. The number of benzene rings is 4. The molecule has 1 heterocycles. The minimum atomic E-state index is -0.933. The maximum Gasteiger partial charge on any atom is 0.352 e. The van der Waals surface area contributed by atoms with Crippen LogP contribution in [0.3, 0.4) is 0 Å². The van der Waals surface area contributed by atoms with Crippen LogP contribution in [0.1, 0.15) is 59.3 Å². The number of carboxylic acids is 1. The summed E-state index contributed by atoms with van der Waals surface area (Å²) in [5.74, 6) is 0.763. The summed E-state index contributed by atoms with van der Waals surface area (Å²) in [6.07, 6.45) is 5.52. The van der Waals surface area contributed by atoms with Crippen LogP contribution in [0.25, 0.3) is 32.8 Å². The van der Waals surface area contributed by atoms with Gasteiger partial charge in [0.2, 0.25) is 0 Å². The molecular weight excluding hydrogens is 498 g/mol. The van der Waals surface area contributed by atoms with E-state index in [-0.39, 0.29) is 5.69 Å². The second-order valence-corrected chi connectivity index (χ2v) is 10.3. The van der Waals surface area contributed by atoms with Crippen LogP contribution in [0.15, 0.2) is 84.9 Å². The summed E-state index contributed by atoms with van der Waals surface area (Å²) in [5.41, 5.74) is 6.88. The lowest BCUT2D eigenvalue weighted by Gasteiger charge is -2.22. The minimum Gasteiger partial charge on any atom is -0.497 e. The number of fused-ring (bicyclic) bond motifs is 2. The van der Waals surface area contributed by atoms with E-state index in [0.717, 1.165) is 70.0 Å². The van der Waals surface area contributed by atoms with Crippen molar-refractivity contribution in [3.8, 4) is 11.5 Å². The fourth-order valence-electron chi connectivity index (χ4n) is 6.05. The van der Waals surface area contributed by atoms with E-state index in [1.165, 1.54) is 16.7 Å². The number of nitrogens with one attached hydrogen (secondary N) is 1. The van der Waals surface area contributed by atoms with Gasteiger partial charge in [-0.2, -0.15) is 0 Å². The molecule has 0 amide bonds. The van der Waals surface area contributed by atoms with Crippen LogP contribution >= 0.6 is 0 Å². The highest BCUT2D eigenvalue weighted by atomic mass is 16.5. The minimum absolute atomic E-state index is 0.270. The molecule has 5 aromatic rings. The van der Waals surface area contributed by atoms with Crippen molar-refractivity contribution >= 4 is 38.8 Å². The standard InChI is InChI=1S/C35H33NO4/c1-39-25-13-6-12-24(22-25)26-14-4-5-16-28(26)29-17-8-18-30-31(34(35(37)38)36-33(29)30)19-9-21-40-32-20-7-11-23-10-2-3-15-27(23)32/h2-3,6-8,10-13,15,17-18,20,22,36H,4-5,9,14,16,19,21H2,1H3,(H,37,38). The number of rotatable bonds is 9. The number of allylic oxidation sites excluding steroid dienone is 2. The van der Waals surface area contributed by atoms with E-state index in [4.69, 9.17) is 9.47 Å². The van der Waals surface area contributed by atoms with Crippen molar-refractivity contribution in [2.24, 2.45) is 0 Å². The highest BCUT2D eigenvalue weighted by Gasteiger charge is 2.23. The van der Waals surface area contributed by atoms with Gasteiger partial charge in [0.15, 0.2) is 0 Å². The molecule has 6 rings (SSSR count). The van der Waals surface area contributed by atoms with Gasteiger partial charge in [-0.1, -0.05) is 66.7 Å². The Balaban J connectivity index is 1.32. The maximum atomic E-state index is 12.3. The second kappa shape index (κ2) is 11.3. The molecule has 0 spiro atoms. The summed E-state index contributed by atoms with van der Waals surface area (Å²) in [4.78, 5) is 15.7. The fourth-order valence-corrected chi connectivity index (χ4v) is 6.05. The lowest BCUT2D eigenvalue weighted by molar-refractivity contribution is 0.0690. The Bertz CT molecular complexity index is 1720. The van der Waals surface area contributed by atoms with E-state index in [2.05, 4.69) is 47.4 Å². The molecule has 1 aromatic heterocycles. The number of ether oxygens (including phenoxy) is 2. The molecule has 40 heavy (non-hydrogen) atoms. The number of methoxy groups -OCH3 is 1. The zero-order chi connectivity index (χ0) is 27.5. The van der Waals surface area contributed by atoms with Crippen LogP contribution in [0.4, 0.5) is 0 Å². The van der Waals surface area contributed by atoms with Crippen LogP contribution in [-0.4, -0.2) is 29.8 Å². The molecule has 0 unspecified atom stereocenters. The van der Waals surface area contributed by atoms with Crippen LogP contribution in [0.5, 0.6) is 11.5 Å². The third-order valence-corrected chi connectivity index (χ3v) is 7.94. The first-order valence-corrected chi connectivity index (χ1v) is 14.0. The number of aromatic amines is 1. The molecule has 0 bridgehead atoms. The van der Waals surface area contributed by atoms with Crippen molar-refractivity contribution in [2.45, 2.75) is 38.5 Å². The quantitative estimate of drug-likeness (QED) is 0.187. The number of aromatic nitrogens is 1. The first-order chi connectivity index (χ1) is 19.6. The Kier molecular flexibility index (Phi) is 7.28. The van der Waals surface area contributed by atoms with Crippen LogP contribution < -0.4 is 9.47 Å². The van der Waals surface area contributed by atoms with Crippen molar-refractivity contribution in [1.82, 2.24) is 4.98 Å². The lowest BCUT2D eigenvalue weighted by Crippen LogP contribution is -2.04. The van der Waals surface area contributed by atoms with E-state index in [9.17, 15) is 9.90 Å². The van der Waals surface area contributed by atoms with E-state index >= 15 is 0 Å². The van der Waals surface area contributed by atoms with Gasteiger partial charge in [0.05, 0.1) is 19.2 Å². The van der Waals surface area contributed by atoms with Crippen molar-refractivity contribution in [2.75, 3.05) is 13.7 Å². The number of H-pyrrole nitrogens is 1. The van der Waals surface area contributed by atoms with Crippen molar-refractivity contribution in [3.63, 3.8) is 0 Å². The number of hydrogen-bond acceptors (Lipinski definition) is 3. The summed E-state index contributed by atoms with van der Waals surface area (Å²) in [5, 5.41) is 13.3. The van der Waals surface area contributed by atoms with Crippen molar-refractivity contribution < 1.29 is 19.4 Å². The van der Waals surface area contributed by atoms with Crippen LogP contribution in [-0.2, 0) is 6.42 Å². The number of aryl methyl sites for hydroxylation is 1. The monoisotopic (exact) mass is 531 g/mol. The van der Waals surface area contributed by atoms with Gasteiger partial charge < -0.3 is 19.6 Å². The average molecular weight is 532 g/mol. The Morgan fingerprint density at radius 2 is 1.62 bits per heavy atom. The van der Waals surface area contributed by atoms with Gasteiger partial charge in [0.25, 0.3) is 0 Å². The number of aromatic carboxylic acids is 1. The summed E-state index contributed by atoms with van der Waals surface area (Å²) in [6.45, 7) is 0.505. The molecule has 0 saturated heterocycles. The third kappa shape index (κ3) is 4.95. The van der Waals surface area contributed by atoms with Gasteiger partial charge in [-0.3, -0.25) is 0 Å². The molecule has 2 N–H and O–H groups in total. The van der Waals surface area contributed by atoms with E-state index in [0.29, 0.717) is 19.4 Å². The summed E-state index contributed by atoms with van der Waals surface area (Å²) < 4.78 is 11.6. The topological polar surface area (TPSA) is 71.6 Å². The molecule has 5 nitrogen and oxygen atoms in total. The maximum absolute atomic E-state index is 12.3. The zero-order valence-corrected chi connectivity index (χ0v) is 22.7. The Labute approximate surface area is 234 Å². The van der Waals surface area contributed by atoms with Crippen LogP contribution in [0, 0.1) is 0 Å². The summed E-state index contributed by atoms with van der Waals surface area (Å²) in [6, 6.07) is 28.7. The van der Waals surface area contributed by atoms with Gasteiger partial charge >= 0.3 is 5.97 Å². The highest BCUT2D eigenvalue weighted by Crippen LogP contribution is 2.41. The predicted octanol–water partition coefficient (Wildman–Crippen LogP) is 8.52.